The zero-order valence-corrected chi connectivity index (χ0v) is 40.8. The lowest BCUT2D eigenvalue weighted by Gasteiger charge is -2.18. The van der Waals surface area contributed by atoms with Crippen LogP contribution in [0.4, 0.5) is 0 Å². The summed E-state index contributed by atoms with van der Waals surface area (Å²) >= 11 is 0. The number of hydrogen-bond acceptors (Lipinski definition) is 6. The van der Waals surface area contributed by atoms with Crippen molar-refractivity contribution >= 4 is 17.9 Å². The molecule has 0 amide bonds. The smallest absolute Gasteiger partial charge is 0.306 e. The first-order chi connectivity index (χ1) is 31.0. The van der Waals surface area contributed by atoms with Crippen LogP contribution in [0.5, 0.6) is 0 Å². The summed E-state index contributed by atoms with van der Waals surface area (Å²) in [6.45, 7) is 6.34. The van der Waals surface area contributed by atoms with Crippen LogP contribution in [0.15, 0.2) is 97.2 Å². The third kappa shape index (κ3) is 49.2. The first kappa shape index (κ1) is 59.3. The molecule has 0 aliphatic heterocycles. The van der Waals surface area contributed by atoms with Gasteiger partial charge in [0.2, 0.25) is 0 Å². The number of rotatable bonds is 45. The maximum atomic E-state index is 12.8. The zero-order valence-electron chi connectivity index (χ0n) is 40.8. The minimum atomic E-state index is -0.788. The number of unbranched alkanes of at least 4 members (excludes halogenated alkanes) is 18. The first-order valence-electron chi connectivity index (χ1n) is 25.7. The van der Waals surface area contributed by atoms with Gasteiger partial charge in [-0.05, 0) is 96.3 Å². The Morgan fingerprint density at radius 1 is 0.333 bits per heavy atom. The Bertz CT molecular complexity index is 1280. The minimum absolute atomic E-state index is 0.0885. The van der Waals surface area contributed by atoms with Crippen LogP contribution in [0.25, 0.3) is 0 Å². The van der Waals surface area contributed by atoms with E-state index in [1.807, 2.05) is 0 Å². The van der Waals surface area contributed by atoms with Gasteiger partial charge in [0, 0.05) is 19.3 Å². The summed E-state index contributed by atoms with van der Waals surface area (Å²) in [6, 6.07) is 0. The highest BCUT2D eigenvalue weighted by Crippen LogP contribution is 2.14. The van der Waals surface area contributed by atoms with E-state index in [1.54, 1.807) is 0 Å². The molecule has 1 unspecified atom stereocenters. The van der Waals surface area contributed by atoms with Gasteiger partial charge in [-0.3, -0.25) is 14.4 Å². The van der Waals surface area contributed by atoms with Crippen molar-refractivity contribution in [1.29, 1.82) is 0 Å². The number of ether oxygens (including phenoxy) is 3. The molecule has 0 fully saturated rings. The molecular weight excluding hydrogens is 781 g/mol. The number of allylic oxidation sites excluding steroid dienone is 16. The standard InChI is InChI=1S/C57H94O6/c1-4-7-10-13-16-18-20-22-24-26-27-28-29-31-32-34-36-38-41-44-47-50-56(59)62-53-54(52-61-55(58)49-46-43-40-15-12-9-6-3)63-57(60)51-48-45-42-39-37-35-33-30-25-23-21-19-17-14-11-8-5-2/h7-8,10-11,16-19,22-25,27-28,31-32,54H,4-6,9,12-15,20-21,26,29-30,33-53H2,1-3H3/b10-7-,11-8-,18-16-,19-17-,24-22-,25-23-,28-27-,32-31-. The molecule has 0 aliphatic rings. The minimum Gasteiger partial charge on any atom is -0.462 e. The average molecular weight is 875 g/mol. The molecule has 6 heteroatoms. The molecule has 0 saturated heterocycles. The molecule has 0 aromatic carbocycles. The van der Waals surface area contributed by atoms with Gasteiger partial charge >= 0.3 is 17.9 Å². The fourth-order valence-electron chi connectivity index (χ4n) is 6.78. The van der Waals surface area contributed by atoms with E-state index in [9.17, 15) is 14.4 Å². The van der Waals surface area contributed by atoms with Gasteiger partial charge in [0.15, 0.2) is 6.10 Å². The van der Waals surface area contributed by atoms with Gasteiger partial charge in [-0.15, -0.1) is 0 Å². The van der Waals surface area contributed by atoms with Crippen LogP contribution < -0.4 is 0 Å². The molecule has 0 heterocycles. The van der Waals surface area contributed by atoms with E-state index in [-0.39, 0.29) is 31.1 Å². The summed E-state index contributed by atoms with van der Waals surface area (Å²) in [5, 5.41) is 0. The lowest BCUT2D eigenvalue weighted by atomic mass is 10.1. The van der Waals surface area contributed by atoms with Crippen molar-refractivity contribution in [2.75, 3.05) is 13.2 Å². The normalized spacial score (nSPS) is 12.9. The Hall–Kier alpha value is -3.67. The fraction of sp³-hybridized carbons (Fsp3) is 0.667. The molecule has 0 saturated carbocycles. The van der Waals surface area contributed by atoms with E-state index in [0.29, 0.717) is 19.3 Å². The Kier molecular flexibility index (Phi) is 48.0. The number of esters is 3. The van der Waals surface area contributed by atoms with Crippen molar-refractivity contribution in [2.24, 2.45) is 0 Å². The summed E-state index contributed by atoms with van der Waals surface area (Å²) in [6.07, 6.45) is 66.9. The molecule has 0 aliphatic carbocycles. The molecule has 1 atom stereocenters. The topological polar surface area (TPSA) is 78.9 Å². The van der Waals surface area contributed by atoms with Crippen LogP contribution in [-0.2, 0) is 28.6 Å². The Morgan fingerprint density at radius 2 is 0.619 bits per heavy atom. The number of carbonyl (C=O) groups excluding carboxylic acids is 3. The monoisotopic (exact) mass is 875 g/mol. The van der Waals surface area contributed by atoms with E-state index in [1.165, 1.54) is 51.4 Å². The second-order valence-electron chi connectivity index (χ2n) is 16.7. The van der Waals surface area contributed by atoms with Gasteiger partial charge in [-0.2, -0.15) is 0 Å². The molecule has 0 bridgehead atoms. The van der Waals surface area contributed by atoms with E-state index in [4.69, 9.17) is 14.2 Å². The first-order valence-corrected chi connectivity index (χ1v) is 25.7. The largest absolute Gasteiger partial charge is 0.462 e. The van der Waals surface area contributed by atoms with Gasteiger partial charge in [-0.1, -0.05) is 208 Å². The third-order valence-corrected chi connectivity index (χ3v) is 10.6. The molecule has 0 aromatic rings. The number of hydrogen-bond donors (Lipinski definition) is 0. The molecule has 0 radical (unpaired) electrons. The molecule has 0 N–H and O–H groups in total. The van der Waals surface area contributed by atoms with Crippen LogP contribution in [-0.4, -0.2) is 37.2 Å². The van der Waals surface area contributed by atoms with Crippen LogP contribution in [0.1, 0.15) is 226 Å². The SMILES string of the molecule is CC/C=C\C/C=C\C/C=C\C/C=C\C/C=C\CCCCCCCC(=O)OCC(COC(=O)CCCCCCCCC)OC(=O)CCCCCCCCC/C=C\C/C=C\C/C=C\CC. The Balaban J connectivity index is 4.32. The van der Waals surface area contributed by atoms with E-state index < -0.39 is 6.10 Å². The molecule has 6 nitrogen and oxygen atoms in total. The van der Waals surface area contributed by atoms with E-state index in [2.05, 4.69) is 118 Å². The van der Waals surface area contributed by atoms with Crippen molar-refractivity contribution in [3.05, 3.63) is 97.2 Å². The number of carbonyl (C=O) groups is 3. The molecule has 0 rings (SSSR count). The maximum absolute atomic E-state index is 12.8. The van der Waals surface area contributed by atoms with Crippen LogP contribution >= 0.6 is 0 Å². The molecule has 63 heavy (non-hydrogen) atoms. The van der Waals surface area contributed by atoms with Crippen LogP contribution in [0, 0.1) is 0 Å². The summed E-state index contributed by atoms with van der Waals surface area (Å²) in [5.74, 6) is -0.928. The van der Waals surface area contributed by atoms with E-state index in [0.717, 1.165) is 135 Å². The highest BCUT2D eigenvalue weighted by atomic mass is 16.6. The van der Waals surface area contributed by atoms with Crippen molar-refractivity contribution in [1.82, 2.24) is 0 Å². The van der Waals surface area contributed by atoms with Crippen molar-refractivity contribution in [2.45, 2.75) is 232 Å². The molecule has 0 spiro atoms. The second kappa shape index (κ2) is 51.0. The summed E-state index contributed by atoms with van der Waals surface area (Å²) in [5.41, 5.74) is 0. The van der Waals surface area contributed by atoms with Gasteiger partial charge in [0.25, 0.3) is 0 Å². The van der Waals surface area contributed by atoms with Gasteiger partial charge in [-0.25, -0.2) is 0 Å². The maximum Gasteiger partial charge on any atom is 0.306 e. The highest BCUT2D eigenvalue weighted by molar-refractivity contribution is 5.71. The van der Waals surface area contributed by atoms with Crippen molar-refractivity contribution < 1.29 is 28.6 Å². The molecule has 0 aromatic heterocycles. The third-order valence-electron chi connectivity index (χ3n) is 10.6. The van der Waals surface area contributed by atoms with E-state index >= 15 is 0 Å². The molecular formula is C57H94O6. The zero-order chi connectivity index (χ0) is 45.8. The predicted octanol–water partition coefficient (Wildman–Crippen LogP) is 17.0. The Morgan fingerprint density at radius 3 is 0.968 bits per heavy atom. The molecule has 358 valence electrons. The predicted molar refractivity (Wildman–Crippen MR) is 270 cm³/mol. The Labute approximate surface area is 387 Å². The van der Waals surface area contributed by atoms with Gasteiger partial charge < -0.3 is 14.2 Å². The fourth-order valence-corrected chi connectivity index (χ4v) is 6.78. The quantitative estimate of drug-likeness (QED) is 0.0262. The highest BCUT2D eigenvalue weighted by Gasteiger charge is 2.19. The summed E-state index contributed by atoms with van der Waals surface area (Å²) in [4.78, 5) is 37.8. The van der Waals surface area contributed by atoms with Crippen LogP contribution in [0.3, 0.4) is 0 Å². The van der Waals surface area contributed by atoms with Gasteiger partial charge in [0.05, 0.1) is 0 Å². The second-order valence-corrected chi connectivity index (χ2v) is 16.7. The lowest BCUT2D eigenvalue weighted by molar-refractivity contribution is -0.167. The van der Waals surface area contributed by atoms with Gasteiger partial charge in [0.1, 0.15) is 13.2 Å². The average Bonchev–Trinajstić information content (AvgIpc) is 3.28. The van der Waals surface area contributed by atoms with Crippen LogP contribution in [0.2, 0.25) is 0 Å². The van der Waals surface area contributed by atoms with Crippen molar-refractivity contribution in [3.63, 3.8) is 0 Å². The summed E-state index contributed by atoms with van der Waals surface area (Å²) < 4.78 is 16.7. The lowest BCUT2D eigenvalue weighted by Crippen LogP contribution is -2.30. The summed E-state index contributed by atoms with van der Waals surface area (Å²) in [7, 11) is 0. The van der Waals surface area contributed by atoms with Crippen molar-refractivity contribution in [3.8, 4) is 0 Å².